The molecule has 1 aromatic rings. The van der Waals surface area contributed by atoms with Crippen LogP contribution in [0.1, 0.15) is 31.4 Å². The Morgan fingerprint density at radius 3 is 2.05 bits per heavy atom. The van der Waals surface area contributed by atoms with Gasteiger partial charge in [-0.05, 0) is 11.8 Å². The topological polar surface area (TPSA) is 0 Å². The minimum Gasteiger partial charge on any atom is -1.00 e. The Morgan fingerprint density at radius 1 is 1.00 bits per heavy atom. The molecule has 0 atom stereocenters. The molecule has 0 nitrogen and oxygen atoms in total. The second kappa shape index (κ2) is 13.9. The molecule has 0 saturated carbocycles. The molecule has 0 fully saturated rings. The van der Waals surface area contributed by atoms with Crippen molar-refractivity contribution in [1.82, 2.24) is 0 Å². The van der Waals surface area contributed by atoms with E-state index in [9.17, 15) is 0 Å². The van der Waals surface area contributed by atoms with Crippen LogP contribution in [0.5, 0.6) is 0 Å². The fraction of sp³-hybridized carbons (Fsp3) is 0.353. The fourth-order valence-corrected chi connectivity index (χ4v) is 2.24. The van der Waals surface area contributed by atoms with E-state index < -0.39 is 0 Å². The van der Waals surface area contributed by atoms with Gasteiger partial charge < -0.3 is 37.2 Å². The number of benzene rings is 1. The van der Waals surface area contributed by atoms with Crippen LogP contribution in [0.2, 0.25) is 0 Å². The quantitative estimate of drug-likeness (QED) is 0.401. The molecule has 114 valence electrons. The molecule has 0 radical (unpaired) electrons. The Morgan fingerprint density at radius 2 is 1.57 bits per heavy atom. The fourth-order valence-electron chi connectivity index (χ4n) is 2.24. The zero-order valence-electron chi connectivity index (χ0n) is 12.4. The van der Waals surface area contributed by atoms with Crippen LogP contribution in [0.25, 0.3) is 0 Å². The van der Waals surface area contributed by atoms with Crippen LogP contribution in [-0.4, -0.2) is 0 Å². The molecular weight excluding hydrogens is 402 g/mol. The van der Waals surface area contributed by atoms with E-state index in [1.165, 1.54) is 24.0 Å². The van der Waals surface area contributed by atoms with Gasteiger partial charge in [0.15, 0.2) is 0 Å². The molecule has 0 N–H and O–H groups in total. The zero-order chi connectivity index (χ0) is 12.1. The normalized spacial score (nSPS) is 13.5. The summed E-state index contributed by atoms with van der Waals surface area (Å²) >= 11 is 0. The molecule has 0 bridgehead atoms. The van der Waals surface area contributed by atoms with E-state index in [0.29, 0.717) is 5.92 Å². The molecular formula is C17H21Cl3Zr. The Kier molecular flexibility index (Phi) is 17.4. The molecule has 1 aromatic carbocycles. The maximum absolute atomic E-state index is 2.30. The number of aryl methyl sites for hydroxylation is 1. The van der Waals surface area contributed by atoms with Crippen LogP contribution in [0, 0.1) is 18.3 Å². The Balaban J connectivity index is -0.000000261. The average molecular weight is 423 g/mol. The van der Waals surface area contributed by atoms with Gasteiger partial charge in [-0.25, -0.2) is 0 Å². The molecule has 2 aliphatic rings. The Bertz CT molecular complexity index is 393. The standard InChI is InChI=1S/C9H9.C8H12.3ClH.Zr/c1-2-5-9-7-3-6-8(9)4-1;1-7(2)8-5-3-4-6-8;;;;/h1-2,4-6H,3,7H2;3-8H,1-2H3;3*1H;/q-1;;;;;+4/p-3. The van der Waals surface area contributed by atoms with Gasteiger partial charge in [-0.15, -0.1) is 17.7 Å². The second-order valence-corrected chi connectivity index (χ2v) is 5.03. The van der Waals surface area contributed by atoms with Crippen LogP contribution in [-0.2, 0) is 32.6 Å². The zero-order valence-corrected chi connectivity index (χ0v) is 17.1. The number of rotatable bonds is 1. The van der Waals surface area contributed by atoms with Crippen LogP contribution in [0.15, 0.2) is 48.6 Å². The monoisotopic (exact) mass is 420 g/mol. The summed E-state index contributed by atoms with van der Waals surface area (Å²) in [6.07, 6.45) is 13.5. The Hall–Kier alpha value is 0.323. The van der Waals surface area contributed by atoms with E-state index >= 15 is 0 Å². The van der Waals surface area contributed by atoms with Gasteiger partial charge in [-0.1, -0.05) is 57.1 Å². The summed E-state index contributed by atoms with van der Waals surface area (Å²) in [4.78, 5) is 0. The van der Waals surface area contributed by atoms with Gasteiger partial charge in [-0.3, -0.25) is 0 Å². The predicted octanol–water partition coefficient (Wildman–Crippen LogP) is -4.42. The van der Waals surface area contributed by atoms with Crippen molar-refractivity contribution >= 4 is 0 Å². The summed E-state index contributed by atoms with van der Waals surface area (Å²) in [6.45, 7) is 4.48. The summed E-state index contributed by atoms with van der Waals surface area (Å²) < 4.78 is 0. The van der Waals surface area contributed by atoms with E-state index in [-0.39, 0.29) is 63.4 Å². The first-order chi connectivity index (χ1) is 8.27. The third kappa shape index (κ3) is 8.51. The van der Waals surface area contributed by atoms with Gasteiger partial charge in [0.05, 0.1) is 0 Å². The van der Waals surface area contributed by atoms with E-state index in [4.69, 9.17) is 0 Å². The van der Waals surface area contributed by atoms with Crippen molar-refractivity contribution in [3.63, 3.8) is 0 Å². The molecule has 0 aromatic heterocycles. The Labute approximate surface area is 167 Å². The van der Waals surface area contributed by atoms with Crippen LogP contribution in [0.3, 0.4) is 0 Å². The van der Waals surface area contributed by atoms with E-state index in [1.807, 2.05) is 0 Å². The molecule has 2 aliphatic carbocycles. The van der Waals surface area contributed by atoms with Crippen molar-refractivity contribution in [3.8, 4) is 0 Å². The number of hydrogen-bond acceptors (Lipinski definition) is 0. The maximum Gasteiger partial charge on any atom is 4.00 e. The van der Waals surface area contributed by atoms with Crippen molar-refractivity contribution in [1.29, 1.82) is 0 Å². The third-order valence-corrected chi connectivity index (χ3v) is 3.38. The SMILES string of the molecule is CC(C)C1C=CC=C1.[Cl-].[Cl-].[Cl-].[Zr+4].c1ccc2c(c1)[CH-]CC2. The first kappa shape index (κ1) is 26.2. The van der Waals surface area contributed by atoms with Gasteiger partial charge in [0.1, 0.15) is 0 Å². The van der Waals surface area contributed by atoms with Crippen LogP contribution < -0.4 is 37.2 Å². The van der Waals surface area contributed by atoms with E-state index in [2.05, 4.69) is 68.8 Å². The summed E-state index contributed by atoms with van der Waals surface area (Å²) in [5.41, 5.74) is 2.95. The van der Waals surface area contributed by atoms with Gasteiger partial charge in [0.2, 0.25) is 0 Å². The minimum atomic E-state index is 0. The van der Waals surface area contributed by atoms with Gasteiger partial charge in [0, 0.05) is 0 Å². The van der Waals surface area contributed by atoms with Gasteiger partial charge >= 0.3 is 26.2 Å². The third-order valence-electron chi connectivity index (χ3n) is 3.38. The summed E-state index contributed by atoms with van der Waals surface area (Å²) in [5.74, 6) is 1.47. The largest absolute Gasteiger partial charge is 4.00 e. The average Bonchev–Trinajstić information content (AvgIpc) is 3.01. The molecule has 4 heteroatoms. The van der Waals surface area contributed by atoms with Crippen LogP contribution in [0.4, 0.5) is 0 Å². The van der Waals surface area contributed by atoms with Crippen molar-refractivity contribution < 1.29 is 63.4 Å². The maximum atomic E-state index is 2.30. The molecule has 0 saturated heterocycles. The van der Waals surface area contributed by atoms with Crippen LogP contribution >= 0.6 is 0 Å². The van der Waals surface area contributed by atoms with E-state index in [1.54, 1.807) is 0 Å². The van der Waals surface area contributed by atoms with Gasteiger partial charge in [0.25, 0.3) is 0 Å². The molecule has 0 heterocycles. The second-order valence-electron chi connectivity index (χ2n) is 5.03. The van der Waals surface area contributed by atoms with Gasteiger partial charge in [-0.2, -0.15) is 18.1 Å². The summed E-state index contributed by atoms with van der Waals surface area (Å²) in [6, 6.07) is 8.60. The van der Waals surface area contributed by atoms with Crippen molar-refractivity contribution in [3.05, 3.63) is 66.1 Å². The first-order valence-corrected chi connectivity index (χ1v) is 6.53. The van der Waals surface area contributed by atoms with E-state index in [0.717, 1.165) is 5.92 Å². The number of hydrogen-bond donors (Lipinski definition) is 0. The molecule has 0 aliphatic heterocycles. The molecule has 0 spiro atoms. The number of halogens is 3. The van der Waals surface area contributed by atoms with Crippen molar-refractivity contribution in [2.45, 2.75) is 26.7 Å². The molecule has 21 heavy (non-hydrogen) atoms. The van der Waals surface area contributed by atoms with Crippen molar-refractivity contribution in [2.75, 3.05) is 0 Å². The minimum absolute atomic E-state index is 0. The summed E-state index contributed by atoms with van der Waals surface area (Å²) in [7, 11) is 0. The van der Waals surface area contributed by atoms with Crippen molar-refractivity contribution in [2.24, 2.45) is 11.8 Å². The smallest absolute Gasteiger partial charge is 1.00 e. The number of fused-ring (bicyclic) bond motifs is 1. The summed E-state index contributed by atoms with van der Waals surface area (Å²) in [5, 5.41) is 0. The predicted molar refractivity (Wildman–Crippen MR) is 74.8 cm³/mol. The first-order valence-electron chi connectivity index (χ1n) is 6.53. The molecule has 0 unspecified atom stereocenters. The molecule has 0 amide bonds. The number of allylic oxidation sites excluding steroid dienone is 4. The molecule has 3 rings (SSSR count).